The molecule has 2 aromatic rings. The van der Waals surface area contributed by atoms with E-state index in [0.717, 1.165) is 0 Å². The van der Waals surface area contributed by atoms with Gasteiger partial charge in [0.25, 0.3) is 0 Å². The van der Waals surface area contributed by atoms with Gasteiger partial charge in [-0.05, 0) is 20.5 Å². The average Bonchev–Trinajstić information content (AvgIpc) is 2.61. The predicted octanol–water partition coefficient (Wildman–Crippen LogP) is 2.39. The molecule has 0 saturated heterocycles. The van der Waals surface area contributed by atoms with Crippen molar-refractivity contribution in [2.45, 2.75) is 6.42 Å². The van der Waals surface area contributed by atoms with Crippen LogP contribution in [0.5, 0.6) is 5.75 Å². The summed E-state index contributed by atoms with van der Waals surface area (Å²) in [6.07, 6.45) is 0.245. The number of phenols is 1. The fraction of sp³-hybridized carbons (Fsp3) is 0.333. The fourth-order valence-corrected chi connectivity index (χ4v) is 1.89. The Morgan fingerprint density at radius 3 is 2.50 bits per heavy atom. The number of nitrogens with one attached hydrogen (secondary N) is 1. The first-order chi connectivity index (χ1) is 8.41. The van der Waals surface area contributed by atoms with Crippen molar-refractivity contribution in [1.82, 2.24) is 9.88 Å². The van der Waals surface area contributed by atoms with Gasteiger partial charge in [0, 0.05) is 18.2 Å². The van der Waals surface area contributed by atoms with Crippen LogP contribution in [-0.2, 0) is 6.42 Å². The number of hydrogen-bond acceptors (Lipinski definition) is 2. The fourth-order valence-electron chi connectivity index (χ4n) is 1.89. The lowest BCUT2D eigenvalue weighted by molar-refractivity contribution is 0.409. The van der Waals surface area contributed by atoms with Crippen molar-refractivity contribution in [2.75, 3.05) is 20.6 Å². The summed E-state index contributed by atoms with van der Waals surface area (Å²) in [6, 6.07) is 0.531. The number of aromatic amines is 1. The van der Waals surface area contributed by atoms with Gasteiger partial charge in [0.2, 0.25) is 0 Å². The van der Waals surface area contributed by atoms with E-state index in [1.165, 1.54) is 0 Å². The van der Waals surface area contributed by atoms with Crippen LogP contribution in [0.2, 0.25) is 0 Å². The summed E-state index contributed by atoms with van der Waals surface area (Å²) in [7, 11) is 3.60. The molecule has 2 rings (SSSR count). The Bertz CT molecular complexity index is 593. The molecule has 0 radical (unpaired) electrons. The largest absolute Gasteiger partial charge is 0.504 e. The lowest BCUT2D eigenvalue weighted by Gasteiger charge is -2.09. The van der Waals surface area contributed by atoms with Gasteiger partial charge in [0.05, 0.1) is 10.9 Å². The minimum absolute atomic E-state index is 0.0922. The Labute approximate surface area is 102 Å². The van der Waals surface area contributed by atoms with Crippen molar-refractivity contribution >= 4 is 10.9 Å². The van der Waals surface area contributed by atoms with Gasteiger partial charge in [-0.3, -0.25) is 0 Å². The summed E-state index contributed by atoms with van der Waals surface area (Å²) in [5.41, 5.74) is -0.116. The maximum Gasteiger partial charge on any atom is 0.195 e. The molecule has 0 amide bonds. The Morgan fingerprint density at radius 1 is 1.22 bits per heavy atom. The van der Waals surface area contributed by atoms with Gasteiger partial charge in [-0.1, -0.05) is 0 Å². The van der Waals surface area contributed by atoms with E-state index in [4.69, 9.17) is 0 Å². The monoisotopic (exact) mass is 258 g/mol. The zero-order chi connectivity index (χ0) is 13.4. The quantitative estimate of drug-likeness (QED) is 0.887. The van der Waals surface area contributed by atoms with Gasteiger partial charge in [0.1, 0.15) is 0 Å². The number of fused-ring (bicyclic) bond motifs is 1. The summed E-state index contributed by atoms with van der Waals surface area (Å²) < 4.78 is 40.4. The van der Waals surface area contributed by atoms with Gasteiger partial charge in [-0.2, -0.15) is 4.39 Å². The van der Waals surface area contributed by atoms with Crippen LogP contribution in [-0.4, -0.2) is 35.6 Å². The number of aromatic hydroxyl groups is 1. The van der Waals surface area contributed by atoms with Crippen molar-refractivity contribution in [2.24, 2.45) is 0 Å². The topological polar surface area (TPSA) is 39.3 Å². The minimum atomic E-state index is -1.09. The zero-order valence-electron chi connectivity index (χ0n) is 10.0. The number of aromatic nitrogens is 1. The third kappa shape index (κ3) is 2.03. The molecule has 0 aliphatic heterocycles. The molecule has 98 valence electrons. The van der Waals surface area contributed by atoms with Gasteiger partial charge in [-0.15, -0.1) is 0 Å². The Balaban J connectivity index is 2.62. The molecule has 0 saturated carbocycles. The molecule has 0 atom stereocenters. The van der Waals surface area contributed by atoms with E-state index in [9.17, 15) is 18.3 Å². The molecule has 18 heavy (non-hydrogen) atoms. The SMILES string of the molecule is CN(C)CCc1c(F)[nH]c2c(F)cc(F)c(O)c12. The average molecular weight is 258 g/mol. The van der Waals surface area contributed by atoms with Crippen LogP contribution in [0.4, 0.5) is 13.2 Å². The second kappa shape index (κ2) is 4.53. The summed E-state index contributed by atoms with van der Waals surface area (Å²) in [5, 5.41) is 9.48. The van der Waals surface area contributed by atoms with Crippen molar-refractivity contribution in [1.29, 1.82) is 0 Å². The van der Waals surface area contributed by atoms with E-state index in [-0.39, 0.29) is 22.9 Å². The first kappa shape index (κ1) is 12.8. The first-order valence-electron chi connectivity index (χ1n) is 5.43. The van der Waals surface area contributed by atoms with Crippen molar-refractivity contribution < 1.29 is 18.3 Å². The standard InChI is InChI=1S/C12H13F3N2O/c1-17(2)4-3-6-9-10(16-12(6)15)7(13)5-8(14)11(9)18/h5,16,18H,3-4H2,1-2H3. The maximum absolute atomic E-state index is 13.7. The number of rotatable bonds is 3. The Kier molecular flexibility index (Phi) is 3.21. The van der Waals surface area contributed by atoms with E-state index in [2.05, 4.69) is 4.98 Å². The number of phenolic OH excluding ortho intramolecular Hbond substituents is 1. The van der Waals surface area contributed by atoms with Crippen LogP contribution in [0.3, 0.4) is 0 Å². The Hall–Kier alpha value is -1.69. The van der Waals surface area contributed by atoms with Crippen LogP contribution >= 0.6 is 0 Å². The number of likely N-dealkylation sites (N-methyl/N-ethyl adjacent to an activating group) is 1. The van der Waals surface area contributed by atoms with Gasteiger partial charge < -0.3 is 15.0 Å². The predicted molar refractivity (Wildman–Crippen MR) is 62.1 cm³/mol. The second-order valence-electron chi connectivity index (χ2n) is 4.41. The molecule has 0 bridgehead atoms. The Morgan fingerprint density at radius 2 is 1.89 bits per heavy atom. The molecule has 0 unspecified atom stereocenters. The molecule has 0 aliphatic rings. The molecule has 0 aliphatic carbocycles. The zero-order valence-corrected chi connectivity index (χ0v) is 10.0. The van der Waals surface area contributed by atoms with Gasteiger partial charge >= 0.3 is 0 Å². The highest BCUT2D eigenvalue weighted by Gasteiger charge is 2.20. The summed E-state index contributed by atoms with van der Waals surface area (Å²) in [6.45, 7) is 0.501. The maximum atomic E-state index is 13.7. The van der Waals surface area contributed by atoms with Crippen LogP contribution in [0.25, 0.3) is 10.9 Å². The number of halogens is 3. The lowest BCUT2D eigenvalue weighted by atomic mass is 10.1. The molecule has 3 nitrogen and oxygen atoms in total. The van der Waals surface area contributed by atoms with Crippen LogP contribution < -0.4 is 0 Å². The molecule has 0 fully saturated rings. The third-order valence-corrected chi connectivity index (χ3v) is 2.82. The molecule has 1 heterocycles. The summed E-state index contributed by atoms with van der Waals surface area (Å²) >= 11 is 0. The van der Waals surface area contributed by atoms with Crippen LogP contribution in [0.1, 0.15) is 5.56 Å². The molecule has 1 aromatic heterocycles. The smallest absolute Gasteiger partial charge is 0.195 e. The van der Waals surface area contributed by atoms with Crippen LogP contribution in [0, 0.1) is 17.6 Å². The van der Waals surface area contributed by atoms with E-state index >= 15 is 0 Å². The molecule has 2 N–H and O–H groups in total. The minimum Gasteiger partial charge on any atom is -0.504 e. The van der Waals surface area contributed by atoms with Crippen molar-refractivity contribution in [3.8, 4) is 5.75 Å². The van der Waals surface area contributed by atoms with E-state index in [0.29, 0.717) is 12.6 Å². The normalized spacial score (nSPS) is 11.7. The van der Waals surface area contributed by atoms with E-state index < -0.39 is 23.3 Å². The van der Waals surface area contributed by atoms with Crippen LogP contribution in [0.15, 0.2) is 6.07 Å². The van der Waals surface area contributed by atoms with E-state index in [1.807, 2.05) is 4.90 Å². The molecular formula is C12H13F3N2O. The van der Waals surface area contributed by atoms with E-state index in [1.54, 1.807) is 14.1 Å². The van der Waals surface area contributed by atoms with Crippen molar-refractivity contribution in [3.63, 3.8) is 0 Å². The highest BCUT2D eigenvalue weighted by molar-refractivity contribution is 5.90. The first-order valence-corrected chi connectivity index (χ1v) is 5.43. The summed E-state index contributed by atoms with van der Waals surface area (Å²) in [4.78, 5) is 4.01. The molecule has 6 heteroatoms. The number of nitrogens with zero attached hydrogens (tertiary/aromatic N) is 1. The highest BCUT2D eigenvalue weighted by atomic mass is 19.1. The second-order valence-corrected chi connectivity index (χ2v) is 4.41. The number of H-pyrrole nitrogens is 1. The van der Waals surface area contributed by atoms with Gasteiger partial charge in [0.15, 0.2) is 23.3 Å². The lowest BCUT2D eigenvalue weighted by Crippen LogP contribution is -2.15. The number of hydrogen-bond donors (Lipinski definition) is 2. The molecule has 1 aromatic carbocycles. The molecule has 0 spiro atoms. The van der Waals surface area contributed by atoms with Gasteiger partial charge in [-0.25, -0.2) is 8.78 Å². The number of benzene rings is 1. The highest BCUT2D eigenvalue weighted by Crippen LogP contribution is 2.34. The third-order valence-electron chi connectivity index (χ3n) is 2.82. The van der Waals surface area contributed by atoms with Crippen molar-refractivity contribution in [3.05, 3.63) is 29.2 Å². The summed E-state index contributed by atoms with van der Waals surface area (Å²) in [5.74, 6) is -3.48. The molecular weight excluding hydrogens is 245 g/mol.